The number of nitriles is 1. The highest BCUT2D eigenvalue weighted by molar-refractivity contribution is 7.71. The normalized spacial score (nSPS) is 16.1. The van der Waals surface area contributed by atoms with E-state index in [0.29, 0.717) is 10.3 Å². The van der Waals surface area contributed by atoms with Gasteiger partial charge in [0.2, 0.25) is 0 Å². The van der Waals surface area contributed by atoms with Gasteiger partial charge in [0.25, 0.3) is 0 Å². The Morgan fingerprint density at radius 3 is 2.86 bits per heavy atom. The molecule has 1 fully saturated rings. The van der Waals surface area contributed by atoms with Crippen molar-refractivity contribution < 1.29 is 4.74 Å². The molecule has 1 aliphatic heterocycles. The van der Waals surface area contributed by atoms with E-state index in [-0.39, 0.29) is 0 Å². The molecule has 1 N–H and O–H groups in total. The molecule has 0 bridgehead atoms. The summed E-state index contributed by atoms with van der Waals surface area (Å²) in [5, 5.41) is 9.15. The lowest BCUT2D eigenvalue weighted by Crippen LogP contribution is -2.37. The predicted octanol–water partition coefficient (Wildman–Crippen LogP) is 2.29. The summed E-state index contributed by atoms with van der Waals surface area (Å²) >= 11 is 5.39. The molecule has 0 saturated carbocycles. The predicted molar refractivity (Wildman–Crippen MR) is 83.7 cm³/mol. The van der Waals surface area contributed by atoms with Gasteiger partial charge in [-0.2, -0.15) is 5.26 Å². The first-order chi connectivity index (χ1) is 10.3. The fourth-order valence-corrected chi connectivity index (χ4v) is 3.06. The van der Waals surface area contributed by atoms with Crippen LogP contribution in [-0.4, -0.2) is 47.3 Å². The van der Waals surface area contributed by atoms with E-state index in [9.17, 15) is 0 Å². The highest BCUT2D eigenvalue weighted by Gasteiger charge is 2.11. The van der Waals surface area contributed by atoms with Crippen LogP contribution in [0.3, 0.4) is 0 Å². The van der Waals surface area contributed by atoms with Gasteiger partial charge in [0.15, 0.2) is 4.77 Å². The summed E-state index contributed by atoms with van der Waals surface area (Å²) in [7, 11) is 0. The summed E-state index contributed by atoms with van der Waals surface area (Å²) in [6.07, 6.45) is 1.04. The minimum atomic E-state index is 0.644. The van der Waals surface area contributed by atoms with Gasteiger partial charge in [-0.15, -0.1) is 0 Å². The maximum absolute atomic E-state index is 9.15. The van der Waals surface area contributed by atoms with Crippen molar-refractivity contribution in [1.82, 2.24) is 14.5 Å². The van der Waals surface area contributed by atoms with Crippen LogP contribution in [0.1, 0.15) is 12.0 Å². The number of aromatic nitrogens is 2. The SMILES string of the molecule is N#Cc1cccc2c1[nH]c(=S)n2CCCN1CCOCC1. The number of aryl methyl sites for hydroxylation is 1. The molecule has 0 amide bonds. The Hall–Kier alpha value is -1.68. The maximum atomic E-state index is 9.15. The molecule has 1 aromatic carbocycles. The van der Waals surface area contributed by atoms with Gasteiger partial charge in [0.1, 0.15) is 6.07 Å². The average molecular weight is 302 g/mol. The van der Waals surface area contributed by atoms with E-state index in [1.165, 1.54) is 0 Å². The van der Waals surface area contributed by atoms with Crippen LogP contribution in [-0.2, 0) is 11.3 Å². The first kappa shape index (κ1) is 14.3. The molecule has 0 atom stereocenters. The van der Waals surface area contributed by atoms with Crippen molar-refractivity contribution in [3.63, 3.8) is 0 Å². The van der Waals surface area contributed by atoms with Crippen LogP contribution in [0.15, 0.2) is 18.2 Å². The Morgan fingerprint density at radius 2 is 2.10 bits per heavy atom. The molecule has 6 heteroatoms. The summed E-state index contributed by atoms with van der Waals surface area (Å²) in [6, 6.07) is 7.93. The molecule has 1 aliphatic rings. The summed E-state index contributed by atoms with van der Waals surface area (Å²) < 4.78 is 8.13. The smallest absolute Gasteiger partial charge is 0.178 e. The third-order valence-electron chi connectivity index (χ3n) is 3.89. The molecular formula is C15H18N4OS. The number of para-hydroxylation sites is 1. The van der Waals surface area contributed by atoms with E-state index >= 15 is 0 Å². The van der Waals surface area contributed by atoms with E-state index in [1.54, 1.807) is 0 Å². The van der Waals surface area contributed by atoms with Gasteiger partial charge < -0.3 is 14.3 Å². The molecule has 110 valence electrons. The lowest BCUT2D eigenvalue weighted by atomic mass is 10.2. The van der Waals surface area contributed by atoms with Crippen molar-refractivity contribution in [3.05, 3.63) is 28.5 Å². The zero-order chi connectivity index (χ0) is 14.7. The summed E-state index contributed by atoms with van der Waals surface area (Å²) in [4.78, 5) is 5.58. The molecule has 0 radical (unpaired) electrons. The molecular weight excluding hydrogens is 284 g/mol. The topological polar surface area (TPSA) is 57.0 Å². The number of benzene rings is 1. The van der Waals surface area contributed by atoms with Crippen molar-refractivity contribution in [2.45, 2.75) is 13.0 Å². The third-order valence-corrected chi connectivity index (χ3v) is 4.21. The van der Waals surface area contributed by atoms with Gasteiger partial charge in [-0.1, -0.05) is 6.07 Å². The van der Waals surface area contributed by atoms with Gasteiger partial charge in [-0.3, -0.25) is 4.90 Å². The number of nitrogens with one attached hydrogen (secondary N) is 1. The monoisotopic (exact) mass is 302 g/mol. The van der Waals surface area contributed by atoms with E-state index in [4.69, 9.17) is 22.2 Å². The van der Waals surface area contributed by atoms with Gasteiger partial charge >= 0.3 is 0 Å². The maximum Gasteiger partial charge on any atom is 0.178 e. The fraction of sp³-hybridized carbons (Fsp3) is 0.467. The van der Waals surface area contributed by atoms with Crippen LogP contribution in [0.4, 0.5) is 0 Å². The second-order valence-corrected chi connectivity index (χ2v) is 5.59. The van der Waals surface area contributed by atoms with Crippen LogP contribution < -0.4 is 0 Å². The molecule has 2 heterocycles. The Bertz CT molecular complexity index is 721. The van der Waals surface area contributed by atoms with Gasteiger partial charge in [0, 0.05) is 26.2 Å². The van der Waals surface area contributed by atoms with E-state index < -0.39 is 0 Å². The van der Waals surface area contributed by atoms with Crippen LogP contribution in [0.2, 0.25) is 0 Å². The molecule has 2 aromatic rings. The lowest BCUT2D eigenvalue weighted by Gasteiger charge is -2.26. The van der Waals surface area contributed by atoms with Crippen LogP contribution in [0.5, 0.6) is 0 Å². The van der Waals surface area contributed by atoms with Crippen molar-refractivity contribution in [2.24, 2.45) is 0 Å². The number of H-pyrrole nitrogens is 1. The molecule has 0 aliphatic carbocycles. The first-order valence-corrected chi connectivity index (χ1v) is 7.62. The Balaban J connectivity index is 1.73. The van der Waals surface area contributed by atoms with Crippen molar-refractivity contribution >= 4 is 23.3 Å². The number of aromatic amines is 1. The minimum absolute atomic E-state index is 0.644. The van der Waals surface area contributed by atoms with Crippen molar-refractivity contribution in [3.8, 4) is 6.07 Å². The minimum Gasteiger partial charge on any atom is -0.379 e. The highest BCUT2D eigenvalue weighted by atomic mass is 32.1. The molecule has 0 unspecified atom stereocenters. The number of imidazole rings is 1. The Morgan fingerprint density at radius 1 is 1.29 bits per heavy atom. The zero-order valence-electron chi connectivity index (χ0n) is 11.8. The molecule has 21 heavy (non-hydrogen) atoms. The second kappa shape index (κ2) is 6.39. The number of fused-ring (bicyclic) bond motifs is 1. The van der Waals surface area contributed by atoms with Gasteiger partial charge in [-0.25, -0.2) is 0 Å². The molecule has 0 spiro atoms. The first-order valence-electron chi connectivity index (χ1n) is 7.21. The molecule has 1 aromatic heterocycles. The zero-order valence-corrected chi connectivity index (χ0v) is 12.7. The largest absolute Gasteiger partial charge is 0.379 e. The van der Waals surface area contributed by atoms with Crippen LogP contribution in [0.25, 0.3) is 11.0 Å². The third kappa shape index (κ3) is 3.00. The molecule has 3 rings (SSSR count). The van der Waals surface area contributed by atoms with Crippen LogP contribution in [0, 0.1) is 16.1 Å². The van der Waals surface area contributed by atoms with Crippen LogP contribution >= 0.6 is 12.2 Å². The molecule has 1 saturated heterocycles. The summed E-state index contributed by atoms with van der Waals surface area (Å²) in [5.41, 5.74) is 2.50. The van der Waals surface area contributed by atoms with E-state index in [0.717, 1.165) is 56.8 Å². The summed E-state index contributed by atoms with van der Waals surface area (Å²) in [5.74, 6) is 0. The number of rotatable bonds is 4. The lowest BCUT2D eigenvalue weighted by molar-refractivity contribution is 0.0369. The average Bonchev–Trinajstić information content (AvgIpc) is 2.84. The van der Waals surface area contributed by atoms with E-state index in [2.05, 4.69) is 20.5 Å². The number of morpholine rings is 1. The van der Waals surface area contributed by atoms with Crippen molar-refractivity contribution in [1.29, 1.82) is 5.26 Å². The van der Waals surface area contributed by atoms with Gasteiger partial charge in [0.05, 0.1) is 29.8 Å². The van der Waals surface area contributed by atoms with Gasteiger partial charge in [-0.05, 0) is 30.8 Å². The number of hydrogen-bond donors (Lipinski definition) is 1. The summed E-state index contributed by atoms with van der Waals surface area (Å²) in [6.45, 7) is 5.60. The molecule has 5 nitrogen and oxygen atoms in total. The number of nitrogens with zero attached hydrogens (tertiary/aromatic N) is 3. The number of ether oxygens (including phenoxy) is 1. The quantitative estimate of drug-likeness (QED) is 0.881. The number of hydrogen-bond acceptors (Lipinski definition) is 4. The van der Waals surface area contributed by atoms with E-state index in [1.807, 2.05) is 18.2 Å². The fourth-order valence-electron chi connectivity index (χ4n) is 2.77. The standard InChI is InChI=1S/C15H18N4OS/c16-11-12-3-1-4-13-14(12)17-15(21)19(13)6-2-5-18-7-9-20-10-8-18/h1,3-4H,2,5-10H2,(H,17,21). The highest BCUT2D eigenvalue weighted by Crippen LogP contribution is 2.18. The van der Waals surface area contributed by atoms with Crippen molar-refractivity contribution in [2.75, 3.05) is 32.8 Å². The Kier molecular flexibility index (Phi) is 4.34. The Labute approximate surface area is 128 Å². The second-order valence-electron chi connectivity index (χ2n) is 5.20.